The Morgan fingerprint density at radius 1 is 1.34 bits per heavy atom. The molecule has 9 heteroatoms. The molecule has 0 aliphatic carbocycles. The number of hydrogen-bond acceptors (Lipinski definition) is 5. The number of aliphatic carboxylic acids is 1. The van der Waals surface area contributed by atoms with E-state index in [-0.39, 0.29) is 53.0 Å². The summed E-state index contributed by atoms with van der Waals surface area (Å²) in [7, 11) is 0. The number of cyclic esters (lactones) is 1. The number of carbonyl (C=O) groups is 3. The van der Waals surface area contributed by atoms with E-state index in [1.165, 1.54) is 6.07 Å². The predicted molar refractivity (Wildman–Crippen MR) is 98.5 cm³/mol. The van der Waals surface area contributed by atoms with Crippen LogP contribution in [0.25, 0.3) is 0 Å². The summed E-state index contributed by atoms with van der Waals surface area (Å²) in [6.45, 7) is 1.67. The summed E-state index contributed by atoms with van der Waals surface area (Å²) < 4.78 is 5.06. The molecule has 0 radical (unpaired) electrons. The third kappa shape index (κ3) is 5.11. The van der Waals surface area contributed by atoms with Crippen molar-refractivity contribution in [3.63, 3.8) is 0 Å². The van der Waals surface area contributed by atoms with Crippen molar-refractivity contribution in [1.82, 2.24) is 5.32 Å². The van der Waals surface area contributed by atoms with Gasteiger partial charge in [-0.2, -0.15) is 0 Å². The van der Waals surface area contributed by atoms with Gasteiger partial charge in [-0.3, -0.25) is 4.79 Å². The molecule has 7 nitrogen and oxygen atoms in total. The van der Waals surface area contributed by atoms with Crippen LogP contribution in [0.5, 0.6) is 5.75 Å². The Morgan fingerprint density at radius 2 is 2.00 bits per heavy atom. The Morgan fingerprint density at radius 3 is 2.62 bits per heavy atom. The summed E-state index contributed by atoms with van der Waals surface area (Å²) in [5, 5.41) is 24.5. The van der Waals surface area contributed by atoms with Crippen LogP contribution in [0, 0.1) is 0 Å². The molecule has 1 heterocycles. The molecule has 0 saturated heterocycles. The van der Waals surface area contributed by atoms with Gasteiger partial charge in [-0.25, -0.2) is 9.59 Å². The number of nitrogens with one attached hydrogen (secondary N) is 1. The molecule has 2 aromatic rings. The monoisotopic (exact) mass is 425 g/mol. The van der Waals surface area contributed by atoms with Gasteiger partial charge in [-0.1, -0.05) is 47.7 Å². The predicted octanol–water partition coefficient (Wildman–Crippen LogP) is -1.06. The first-order chi connectivity index (χ1) is 13.3. The average Bonchev–Trinajstić information content (AvgIpc) is 2.64. The van der Waals surface area contributed by atoms with E-state index in [0.717, 1.165) is 0 Å². The number of fused-ring (bicyclic) bond motifs is 1. The molecule has 2 atom stereocenters. The topological polar surface area (TPSA) is 116 Å². The molecule has 0 fully saturated rings. The number of carboxylic acid groups (broad SMARTS) is 1. The van der Waals surface area contributed by atoms with Gasteiger partial charge in [0.2, 0.25) is 0 Å². The van der Waals surface area contributed by atoms with Crippen molar-refractivity contribution < 1.29 is 58.9 Å². The molecule has 1 unspecified atom stereocenters. The van der Waals surface area contributed by atoms with Crippen molar-refractivity contribution in [2.45, 2.75) is 31.9 Å². The fourth-order valence-electron chi connectivity index (χ4n) is 3.11. The zero-order chi connectivity index (χ0) is 20.4. The van der Waals surface area contributed by atoms with Gasteiger partial charge in [0.25, 0.3) is 5.91 Å². The van der Waals surface area contributed by atoms with E-state index in [1.54, 1.807) is 37.3 Å². The SMILES string of the molecule is CC1Cc2c(Cl)cc(C(=O)N[C@@H](Cc3ccccc3)C(=O)O)c([O-])c2C(=O)O1.[Na+]. The molecular formula is C20H17ClNNaO6. The first-order valence-corrected chi connectivity index (χ1v) is 8.96. The molecule has 0 bridgehead atoms. The quantitative estimate of drug-likeness (QED) is 0.466. The van der Waals surface area contributed by atoms with Crippen LogP contribution in [0.15, 0.2) is 36.4 Å². The first kappa shape index (κ1) is 23.2. The second-order valence-electron chi connectivity index (χ2n) is 6.56. The zero-order valence-corrected chi connectivity index (χ0v) is 18.7. The Labute approximate surface area is 194 Å². The van der Waals surface area contributed by atoms with E-state index in [4.69, 9.17) is 16.3 Å². The standard InChI is InChI=1S/C20H18ClNO6.Na/c1-10-7-12-14(21)9-13(17(23)16(12)20(27)28-10)18(24)22-15(19(25)26)8-11-5-3-2-4-6-11;/h2-6,9-10,15,23H,7-8H2,1H3,(H,22,24)(H,25,26);/q;+1/p-1/t10?,15-;/m0./s1. The molecule has 1 aliphatic heterocycles. The van der Waals surface area contributed by atoms with E-state index in [2.05, 4.69) is 5.32 Å². The van der Waals surface area contributed by atoms with Crippen molar-refractivity contribution in [3.05, 3.63) is 63.7 Å². The van der Waals surface area contributed by atoms with E-state index in [1.807, 2.05) is 0 Å². The Bertz CT molecular complexity index is 950. The third-order valence-corrected chi connectivity index (χ3v) is 4.80. The van der Waals surface area contributed by atoms with Crippen molar-refractivity contribution in [2.24, 2.45) is 0 Å². The van der Waals surface area contributed by atoms with Gasteiger partial charge in [0.05, 0.1) is 5.56 Å². The van der Waals surface area contributed by atoms with Crippen molar-refractivity contribution in [1.29, 1.82) is 0 Å². The molecule has 1 aliphatic rings. The van der Waals surface area contributed by atoms with Crippen LogP contribution < -0.4 is 40.0 Å². The number of esters is 1. The van der Waals surface area contributed by atoms with Gasteiger partial charge in [0.1, 0.15) is 12.1 Å². The van der Waals surface area contributed by atoms with Gasteiger partial charge in [-0.05, 0) is 24.1 Å². The minimum atomic E-state index is -1.25. The van der Waals surface area contributed by atoms with Crippen LogP contribution >= 0.6 is 11.6 Å². The van der Waals surface area contributed by atoms with E-state index in [0.29, 0.717) is 11.1 Å². The van der Waals surface area contributed by atoms with Gasteiger partial charge in [0, 0.05) is 23.4 Å². The summed E-state index contributed by atoms with van der Waals surface area (Å²) in [6, 6.07) is 8.67. The molecule has 3 rings (SSSR count). The summed E-state index contributed by atoms with van der Waals surface area (Å²) in [6.07, 6.45) is -0.129. The van der Waals surface area contributed by atoms with Gasteiger partial charge >= 0.3 is 41.5 Å². The van der Waals surface area contributed by atoms with Crippen LogP contribution in [0.3, 0.4) is 0 Å². The largest absolute Gasteiger partial charge is 1.00 e. The zero-order valence-electron chi connectivity index (χ0n) is 15.9. The maximum atomic E-state index is 12.7. The summed E-state index contributed by atoms with van der Waals surface area (Å²) in [5.74, 6) is -3.82. The van der Waals surface area contributed by atoms with E-state index in [9.17, 15) is 24.6 Å². The minimum Gasteiger partial charge on any atom is -0.871 e. The fourth-order valence-corrected chi connectivity index (χ4v) is 3.39. The number of benzene rings is 2. The van der Waals surface area contributed by atoms with Crippen LogP contribution in [-0.2, 0) is 22.4 Å². The number of carboxylic acids is 1. The number of rotatable bonds is 5. The number of amides is 1. The second-order valence-corrected chi connectivity index (χ2v) is 6.97. The normalized spacial score (nSPS) is 16.1. The van der Waals surface area contributed by atoms with Crippen molar-refractivity contribution in [3.8, 4) is 5.75 Å². The van der Waals surface area contributed by atoms with Crippen molar-refractivity contribution in [2.75, 3.05) is 0 Å². The average molecular weight is 426 g/mol. The summed E-state index contributed by atoms with van der Waals surface area (Å²) in [5.41, 5.74) is 0.380. The molecule has 0 saturated carbocycles. The Kier molecular flexibility index (Phi) is 7.71. The molecule has 29 heavy (non-hydrogen) atoms. The van der Waals surface area contributed by atoms with Crippen LogP contribution in [0.2, 0.25) is 5.02 Å². The molecule has 2 aromatic carbocycles. The van der Waals surface area contributed by atoms with Gasteiger partial charge in [-0.15, -0.1) is 0 Å². The minimum absolute atomic E-state index is 0. The molecule has 2 N–H and O–H groups in total. The molecule has 0 spiro atoms. The van der Waals surface area contributed by atoms with Gasteiger partial charge < -0.3 is 20.3 Å². The number of carbonyl (C=O) groups excluding carboxylic acids is 2. The summed E-state index contributed by atoms with van der Waals surface area (Å²) >= 11 is 6.18. The summed E-state index contributed by atoms with van der Waals surface area (Å²) in [4.78, 5) is 36.3. The maximum absolute atomic E-state index is 12.7. The maximum Gasteiger partial charge on any atom is 1.00 e. The second kappa shape index (κ2) is 9.63. The van der Waals surface area contributed by atoms with Gasteiger partial charge in [0.15, 0.2) is 0 Å². The Hall–Kier alpha value is -2.06. The fraction of sp³-hybridized carbons (Fsp3) is 0.250. The van der Waals surface area contributed by atoms with E-state index >= 15 is 0 Å². The Balaban J connectivity index is 0.00000300. The van der Waals surface area contributed by atoms with Crippen LogP contribution in [-0.4, -0.2) is 35.1 Å². The number of ether oxygens (including phenoxy) is 1. The van der Waals surface area contributed by atoms with Crippen molar-refractivity contribution >= 4 is 29.4 Å². The number of halogens is 1. The number of hydrogen-bond donors (Lipinski definition) is 2. The van der Waals surface area contributed by atoms with Crippen LogP contribution in [0.4, 0.5) is 0 Å². The van der Waals surface area contributed by atoms with E-state index < -0.39 is 41.3 Å². The smallest absolute Gasteiger partial charge is 0.871 e. The first-order valence-electron chi connectivity index (χ1n) is 8.59. The van der Waals surface area contributed by atoms with Crippen LogP contribution in [0.1, 0.15) is 38.8 Å². The molecular weight excluding hydrogens is 409 g/mol. The molecule has 0 aromatic heterocycles. The third-order valence-electron chi connectivity index (χ3n) is 4.47. The molecule has 1 amide bonds. The molecule has 146 valence electrons.